The van der Waals surface area contributed by atoms with E-state index in [1.54, 1.807) is 10.7 Å². The van der Waals surface area contributed by atoms with Gasteiger partial charge in [-0.25, -0.2) is 13.1 Å². The van der Waals surface area contributed by atoms with Crippen molar-refractivity contribution in [1.82, 2.24) is 14.5 Å². The molecule has 2 heterocycles. The smallest absolute Gasteiger partial charge is 0.273 e. The Bertz CT molecular complexity index is 687. The van der Waals surface area contributed by atoms with Crippen LogP contribution in [0.1, 0.15) is 18.4 Å². The van der Waals surface area contributed by atoms with E-state index in [-0.39, 0.29) is 5.09 Å². The highest BCUT2D eigenvalue weighted by atomic mass is 32.2. The van der Waals surface area contributed by atoms with Gasteiger partial charge in [-0.2, -0.15) is 5.10 Å². The molecule has 110 valence electrons. The van der Waals surface area contributed by atoms with Gasteiger partial charge < -0.3 is 9.73 Å². The number of sulfonamides is 1. The molecule has 0 aliphatic carbocycles. The fraction of sp³-hybridized carbons (Fsp3) is 0.417. The average Bonchev–Trinajstić information content (AvgIpc) is 3.02. The van der Waals surface area contributed by atoms with Crippen LogP contribution in [0.2, 0.25) is 0 Å². The van der Waals surface area contributed by atoms with Crippen LogP contribution in [0, 0.1) is 0 Å². The second-order valence-electron chi connectivity index (χ2n) is 4.30. The van der Waals surface area contributed by atoms with Crippen molar-refractivity contribution >= 4 is 15.7 Å². The maximum atomic E-state index is 11.6. The lowest BCUT2D eigenvalue weighted by atomic mass is 10.3. The number of nitrogens with zero attached hydrogens (tertiary/aromatic N) is 2. The van der Waals surface area contributed by atoms with Crippen LogP contribution >= 0.6 is 0 Å². The van der Waals surface area contributed by atoms with E-state index in [0.717, 1.165) is 17.8 Å². The molecular weight excluding hydrogens is 280 g/mol. The standard InChI is InChI=1S/C12H18N4O3S/c1-4-10-11(8-16(3)15-10)14-7-9-5-6-12(19-9)20(17,18)13-2/h5-6,8,13-14H,4,7H2,1-3H3. The molecule has 0 spiro atoms. The summed E-state index contributed by atoms with van der Waals surface area (Å²) in [6.07, 6.45) is 2.70. The molecule has 2 aromatic heterocycles. The SMILES string of the molecule is CCc1nn(C)cc1NCc1ccc(S(=O)(=O)NC)o1. The van der Waals surface area contributed by atoms with E-state index in [0.29, 0.717) is 12.3 Å². The maximum absolute atomic E-state index is 11.6. The van der Waals surface area contributed by atoms with Crippen LogP contribution in [-0.2, 0) is 30.0 Å². The molecule has 0 aliphatic heterocycles. The van der Waals surface area contributed by atoms with Crippen LogP contribution in [-0.4, -0.2) is 25.2 Å². The zero-order valence-electron chi connectivity index (χ0n) is 11.7. The lowest BCUT2D eigenvalue weighted by molar-refractivity contribution is 0.417. The minimum atomic E-state index is -3.53. The van der Waals surface area contributed by atoms with Gasteiger partial charge in [0.25, 0.3) is 10.0 Å². The monoisotopic (exact) mass is 298 g/mol. The molecule has 0 fully saturated rings. The summed E-state index contributed by atoms with van der Waals surface area (Å²) >= 11 is 0. The van der Waals surface area contributed by atoms with Crippen LogP contribution in [0.25, 0.3) is 0 Å². The van der Waals surface area contributed by atoms with Crippen molar-refractivity contribution in [2.75, 3.05) is 12.4 Å². The van der Waals surface area contributed by atoms with E-state index in [9.17, 15) is 8.42 Å². The molecule has 8 heteroatoms. The molecule has 7 nitrogen and oxygen atoms in total. The van der Waals surface area contributed by atoms with Crippen molar-refractivity contribution in [3.63, 3.8) is 0 Å². The maximum Gasteiger partial charge on any atom is 0.273 e. The molecule has 0 radical (unpaired) electrons. The van der Waals surface area contributed by atoms with Gasteiger partial charge >= 0.3 is 0 Å². The number of aryl methyl sites for hydroxylation is 2. The first-order valence-electron chi connectivity index (χ1n) is 6.25. The van der Waals surface area contributed by atoms with E-state index in [4.69, 9.17) is 4.42 Å². The Balaban J connectivity index is 2.08. The van der Waals surface area contributed by atoms with Gasteiger partial charge in [0.2, 0.25) is 5.09 Å². The quantitative estimate of drug-likeness (QED) is 0.833. The normalized spacial score (nSPS) is 11.8. The molecule has 0 unspecified atom stereocenters. The van der Waals surface area contributed by atoms with Crippen LogP contribution in [0.4, 0.5) is 5.69 Å². The topological polar surface area (TPSA) is 89.2 Å². The minimum absolute atomic E-state index is 0.0845. The van der Waals surface area contributed by atoms with Gasteiger partial charge in [-0.1, -0.05) is 6.92 Å². The summed E-state index contributed by atoms with van der Waals surface area (Å²) in [5, 5.41) is 7.42. The third-order valence-electron chi connectivity index (χ3n) is 2.86. The summed E-state index contributed by atoms with van der Waals surface area (Å²) in [5.41, 5.74) is 1.88. The summed E-state index contributed by atoms with van der Waals surface area (Å²) < 4.78 is 32.4. The Morgan fingerprint density at radius 3 is 2.80 bits per heavy atom. The molecular formula is C12H18N4O3S. The van der Waals surface area contributed by atoms with Gasteiger partial charge in [-0.15, -0.1) is 0 Å². The Morgan fingerprint density at radius 1 is 1.40 bits per heavy atom. The number of hydrogen-bond acceptors (Lipinski definition) is 5. The number of hydrogen-bond donors (Lipinski definition) is 2. The van der Waals surface area contributed by atoms with Crippen molar-refractivity contribution in [3.8, 4) is 0 Å². The first-order chi connectivity index (χ1) is 9.46. The number of anilines is 1. The van der Waals surface area contributed by atoms with Gasteiger partial charge in [0.15, 0.2) is 0 Å². The predicted molar refractivity (Wildman–Crippen MR) is 74.9 cm³/mol. The molecule has 2 N–H and O–H groups in total. The third-order valence-corrected chi connectivity index (χ3v) is 4.15. The molecule has 0 saturated carbocycles. The third kappa shape index (κ3) is 3.02. The molecule has 0 bridgehead atoms. The van der Waals surface area contributed by atoms with E-state index < -0.39 is 10.0 Å². The number of furan rings is 1. The van der Waals surface area contributed by atoms with Gasteiger partial charge in [0.05, 0.1) is 17.9 Å². The van der Waals surface area contributed by atoms with Crippen molar-refractivity contribution in [2.24, 2.45) is 7.05 Å². The van der Waals surface area contributed by atoms with Crippen molar-refractivity contribution < 1.29 is 12.8 Å². The zero-order chi connectivity index (χ0) is 14.8. The number of nitrogens with one attached hydrogen (secondary N) is 2. The second kappa shape index (κ2) is 5.68. The molecule has 0 saturated heterocycles. The van der Waals surface area contributed by atoms with Gasteiger partial charge in [-0.05, 0) is 25.6 Å². The molecule has 20 heavy (non-hydrogen) atoms. The van der Waals surface area contributed by atoms with Crippen molar-refractivity contribution in [2.45, 2.75) is 25.0 Å². The lowest BCUT2D eigenvalue weighted by Crippen LogP contribution is -2.17. The van der Waals surface area contributed by atoms with Crippen LogP contribution in [0.3, 0.4) is 0 Å². The molecule has 0 amide bonds. The molecule has 0 aliphatic rings. The zero-order valence-corrected chi connectivity index (χ0v) is 12.5. The highest BCUT2D eigenvalue weighted by Gasteiger charge is 2.16. The summed E-state index contributed by atoms with van der Waals surface area (Å²) in [6.45, 7) is 2.43. The Labute approximate surface area is 118 Å². The first-order valence-corrected chi connectivity index (χ1v) is 7.73. The summed E-state index contributed by atoms with van der Waals surface area (Å²) in [5.74, 6) is 0.546. The van der Waals surface area contributed by atoms with Crippen molar-refractivity contribution in [3.05, 3.63) is 29.8 Å². The number of aromatic nitrogens is 2. The van der Waals surface area contributed by atoms with E-state index >= 15 is 0 Å². The molecule has 0 aromatic carbocycles. The van der Waals surface area contributed by atoms with Crippen LogP contribution in [0.15, 0.2) is 27.8 Å². The minimum Gasteiger partial charge on any atom is -0.446 e. The van der Waals surface area contributed by atoms with Gasteiger partial charge in [0.1, 0.15) is 5.76 Å². The average molecular weight is 298 g/mol. The second-order valence-corrected chi connectivity index (χ2v) is 6.12. The Hall–Kier alpha value is -1.80. The lowest BCUT2D eigenvalue weighted by Gasteiger charge is -2.03. The highest BCUT2D eigenvalue weighted by molar-refractivity contribution is 7.89. The van der Waals surface area contributed by atoms with E-state index in [1.807, 2.05) is 20.2 Å². The molecule has 0 atom stereocenters. The fourth-order valence-electron chi connectivity index (χ4n) is 1.82. The first kappa shape index (κ1) is 14.6. The van der Waals surface area contributed by atoms with Crippen LogP contribution < -0.4 is 10.0 Å². The summed E-state index contributed by atoms with van der Waals surface area (Å²) in [4.78, 5) is 0. The summed E-state index contributed by atoms with van der Waals surface area (Å²) in [7, 11) is -0.328. The van der Waals surface area contributed by atoms with Crippen LogP contribution in [0.5, 0.6) is 0 Å². The van der Waals surface area contributed by atoms with Gasteiger partial charge in [0, 0.05) is 13.2 Å². The molecule has 2 rings (SSSR count). The van der Waals surface area contributed by atoms with Gasteiger partial charge in [-0.3, -0.25) is 4.68 Å². The van der Waals surface area contributed by atoms with Crippen molar-refractivity contribution in [1.29, 1.82) is 0 Å². The molecule has 2 aromatic rings. The largest absolute Gasteiger partial charge is 0.446 e. The van der Waals surface area contributed by atoms with E-state index in [1.165, 1.54) is 13.1 Å². The van der Waals surface area contributed by atoms with E-state index in [2.05, 4.69) is 15.1 Å². The predicted octanol–water partition coefficient (Wildman–Crippen LogP) is 1.10. The highest BCUT2D eigenvalue weighted by Crippen LogP contribution is 2.17. The Kier molecular flexibility index (Phi) is 4.15. The Morgan fingerprint density at radius 2 is 2.15 bits per heavy atom. The number of rotatable bonds is 6. The summed E-state index contributed by atoms with van der Waals surface area (Å²) in [6, 6.07) is 3.08. The fourth-order valence-corrected chi connectivity index (χ4v) is 2.49.